The number of aromatic nitrogens is 3. The fraction of sp³-hybridized carbons (Fsp3) is 0.182. The number of rotatable bonds is 8. The van der Waals surface area contributed by atoms with Gasteiger partial charge in [-0.2, -0.15) is 0 Å². The van der Waals surface area contributed by atoms with Gasteiger partial charge in [0.2, 0.25) is 0 Å². The summed E-state index contributed by atoms with van der Waals surface area (Å²) in [5.74, 6) is 3.49. The Balaban J connectivity index is 1.76. The zero-order chi connectivity index (χ0) is 22.7. The molecule has 8 N–H and O–H groups in total. The van der Waals surface area contributed by atoms with Gasteiger partial charge in [0.05, 0.1) is 17.9 Å². The van der Waals surface area contributed by atoms with Gasteiger partial charge in [0.25, 0.3) is 0 Å². The maximum atomic E-state index is 6.54. The minimum atomic E-state index is 0.105. The molecule has 2 aromatic heterocycles. The van der Waals surface area contributed by atoms with Crippen molar-refractivity contribution in [1.82, 2.24) is 14.8 Å². The predicted molar refractivity (Wildman–Crippen MR) is 127 cm³/mol. The Morgan fingerprint density at radius 1 is 0.938 bits per heavy atom. The Labute approximate surface area is 185 Å². The van der Waals surface area contributed by atoms with E-state index in [0.717, 1.165) is 28.2 Å². The van der Waals surface area contributed by atoms with Crippen LogP contribution in [0.5, 0.6) is 11.5 Å². The molecule has 4 aromatic rings. The van der Waals surface area contributed by atoms with Crippen LogP contribution in [0.1, 0.15) is 5.56 Å². The van der Waals surface area contributed by atoms with E-state index in [2.05, 4.69) is 20.8 Å². The fourth-order valence-electron chi connectivity index (χ4n) is 3.63. The molecule has 0 aliphatic carbocycles. The zero-order valence-electron chi connectivity index (χ0n) is 17.9. The van der Waals surface area contributed by atoms with Crippen LogP contribution in [0, 0.1) is 0 Å². The molecule has 0 aliphatic heterocycles. The number of ether oxygens (including phenoxy) is 2. The molecule has 0 unspecified atom stereocenters. The molecule has 2 aromatic carbocycles. The normalized spacial score (nSPS) is 10.8. The van der Waals surface area contributed by atoms with Crippen molar-refractivity contribution in [1.29, 1.82) is 0 Å². The Hall–Kier alpha value is -4.18. The van der Waals surface area contributed by atoms with Crippen LogP contribution in [-0.4, -0.2) is 35.7 Å². The number of anilines is 4. The molecule has 0 radical (unpaired) electrons. The zero-order valence-corrected chi connectivity index (χ0v) is 17.9. The third-order valence-electron chi connectivity index (χ3n) is 5.16. The van der Waals surface area contributed by atoms with Crippen molar-refractivity contribution in [3.8, 4) is 17.2 Å². The summed E-state index contributed by atoms with van der Waals surface area (Å²) in [6.45, 7) is 0.644. The van der Waals surface area contributed by atoms with Crippen molar-refractivity contribution in [3.63, 3.8) is 0 Å². The first-order valence-corrected chi connectivity index (χ1v) is 10.0. The second kappa shape index (κ2) is 8.90. The van der Waals surface area contributed by atoms with E-state index in [1.807, 2.05) is 60.1 Å². The second-order valence-corrected chi connectivity index (χ2v) is 7.01. The number of benzene rings is 2. The summed E-state index contributed by atoms with van der Waals surface area (Å²) in [6.07, 6.45) is 0. The molecular weight excluding hydrogens is 408 g/mol. The van der Waals surface area contributed by atoms with Gasteiger partial charge >= 0.3 is 0 Å². The van der Waals surface area contributed by atoms with Gasteiger partial charge in [-0.3, -0.25) is 10.3 Å². The average Bonchev–Trinajstić information content (AvgIpc) is 3.13. The lowest BCUT2D eigenvalue weighted by atomic mass is 10.2. The number of nitrogen functional groups attached to an aromatic ring is 2. The number of hydrogen-bond acceptors (Lipinski definition) is 9. The van der Waals surface area contributed by atoms with Crippen LogP contribution in [0.25, 0.3) is 16.5 Å². The first-order valence-electron chi connectivity index (χ1n) is 10.0. The number of nitrogens with zero attached hydrogens (tertiary/aromatic N) is 3. The molecule has 0 amide bonds. The van der Waals surface area contributed by atoms with E-state index >= 15 is 0 Å². The van der Waals surface area contributed by atoms with Crippen LogP contribution in [-0.2, 0) is 6.54 Å². The van der Waals surface area contributed by atoms with Crippen LogP contribution >= 0.6 is 0 Å². The van der Waals surface area contributed by atoms with E-state index in [4.69, 9.17) is 26.7 Å². The molecule has 0 fully saturated rings. The number of hydrogen-bond donors (Lipinski definition) is 5. The molecule has 10 heteroatoms. The highest BCUT2D eigenvalue weighted by Crippen LogP contribution is 2.41. The van der Waals surface area contributed by atoms with Crippen LogP contribution in [0.2, 0.25) is 0 Å². The summed E-state index contributed by atoms with van der Waals surface area (Å²) >= 11 is 0. The lowest BCUT2D eigenvalue weighted by Gasteiger charge is -2.13. The first-order chi connectivity index (χ1) is 15.6. The van der Waals surface area contributed by atoms with Gasteiger partial charge in [0, 0.05) is 19.3 Å². The molecule has 0 saturated heterocycles. The number of fused-ring (bicyclic) bond motifs is 1. The van der Waals surface area contributed by atoms with Crippen molar-refractivity contribution in [2.24, 2.45) is 5.73 Å². The SMILES string of the molecule is CNc1c2c(NCc3ccc(OC)cc3)nnc(N)c2c(N)n1-c1ccc(OCN)cc1. The summed E-state index contributed by atoms with van der Waals surface area (Å²) in [7, 11) is 3.46. The lowest BCUT2D eigenvalue weighted by Crippen LogP contribution is -2.08. The van der Waals surface area contributed by atoms with E-state index in [9.17, 15) is 0 Å². The Bertz CT molecular complexity index is 1220. The molecule has 32 heavy (non-hydrogen) atoms. The van der Waals surface area contributed by atoms with Crippen molar-refractivity contribution >= 4 is 34.0 Å². The minimum absolute atomic E-state index is 0.105. The van der Waals surface area contributed by atoms with Gasteiger partial charge in [-0.05, 0) is 42.0 Å². The number of methoxy groups -OCH3 is 1. The van der Waals surface area contributed by atoms with Crippen molar-refractivity contribution in [3.05, 3.63) is 54.1 Å². The van der Waals surface area contributed by atoms with E-state index in [-0.39, 0.29) is 12.5 Å². The van der Waals surface area contributed by atoms with Gasteiger partial charge in [-0.15, -0.1) is 10.2 Å². The molecule has 2 heterocycles. The predicted octanol–water partition coefficient (Wildman–Crippen LogP) is 2.54. The molecule has 0 spiro atoms. The van der Waals surface area contributed by atoms with Crippen LogP contribution in [0.15, 0.2) is 48.5 Å². The fourth-order valence-corrected chi connectivity index (χ4v) is 3.63. The molecule has 166 valence electrons. The summed E-state index contributed by atoms with van der Waals surface area (Å²) in [5.41, 5.74) is 20.0. The first kappa shape index (κ1) is 21.1. The third-order valence-corrected chi connectivity index (χ3v) is 5.16. The van der Waals surface area contributed by atoms with Crippen LogP contribution < -0.4 is 37.3 Å². The Kier molecular flexibility index (Phi) is 5.86. The van der Waals surface area contributed by atoms with Gasteiger partial charge < -0.3 is 31.6 Å². The van der Waals surface area contributed by atoms with E-state index in [1.54, 1.807) is 7.11 Å². The van der Waals surface area contributed by atoms with E-state index in [0.29, 0.717) is 29.3 Å². The van der Waals surface area contributed by atoms with Gasteiger partial charge in [-0.1, -0.05) is 12.1 Å². The smallest absolute Gasteiger partial charge is 0.160 e. The molecule has 0 saturated carbocycles. The summed E-state index contributed by atoms with van der Waals surface area (Å²) in [4.78, 5) is 0. The highest BCUT2D eigenvalue weighted by atomic mass is 16.5. The van der Waals surface area contributed by atoms with E-state index in [1.165, 1.54) is 0 Å². The molecule has 0 aliphatic rings. The quantitative estimate of drug-likeness (QED) is 0.263. The topological polar surface area (TPSA) is 151 Å². The summed E-state index contributed by atoms with van der Waals surface area (Å²) in [5, 5.41) is 16.4. The minimum Gasteiger partial charge on any atom is -0.497 e. The Morgan fingerprint density at radius 3 is 2.25 bits per heavy atom. The summed E-state index contributed by atoms with van der Waals surface area (Å²) in [6, 6.07) is 15.2. The molecular formula is C22H26N8O2. The molecule has 0 bridgehead atoms. The van der Waals surface area contributed by atoms with Crippen LogP contribution in [0.4, 0.5) is 23.3 Å². The second-order valence-electron chi connectivity index (χ2n) is 7.01. The van der Waals surface area contributed by atoms with Crippen molar-refractivity contribution in [2.75, 3.05) is 43.0 Å². The number of nitrogens with one attached hydrogen (secondary N) is 2. The van der Waals surface area contributed by atoms with Gasteiger partial charge in [0.15, 0.2) is 11.6 Å². The van der Waals surface area contributed by atoms with Crippen LogP contribution in [0.3, 0.4) is 0 Å². The maximum Gasteiger partial charge on any atom is 0.160 e. The van der Waals surface area contributed by atoms with Crippen molar-refractivity contribution in [2.45, 2.75) is 6.54 Å². The third kappa shape index (κ3) is 3.79. The van der Waals surface area contributed by atoms with Crippen molar-refractivity contribution < 1.29 is 9.47 Å². The largest absolute Gasteiger partial charge is 0.497 e. The highest BCUT2D eigenvalue weighted by Gasteiger charge is 2.22. The highest BCUT2D eigenvalue weighted by molar-refractivity contribution is 6.12. The summed E-state index contributed by atoms with van der Waals surface area (Å²) < 4.78 is 12.4. The van der Waals surface area contributed by atoms with Gasteiger partial charge in [-0.25, -0.2) is 0 Å². The molecule has 0 atom stereocenters. The van der Waals surface area contributed by atoms with Gasteiger partial charge in [0.1, 0.15) is 29.9 Å². The number of nitrogens with two attached hydrogens (primary N) is 3. The Morgan fingerprint density at radius 2 is 1.62 bits per heavy atom. The molecule has 4 rings (SSSR count). The molecule has 10 nitrogen and oxygen atoms in total. The average molecular weight is 435 g/mol. The standard InChI is InChI=1S/C22H26N8O2/c1-26-22-18-17(20(25)30(22)14-5-9-16(10-6-14)32-12-23)19(24)28-29-21(18)27-11-13-3-7-15(31-2)8-4-13/h3-10,26H,11-12,23,25H2,1-2H3,(H2,24,28)(H,27,29). The monoisotopic (exact) mass is 434 g/mol. The lowest BCUT2D eigenvalue weighted by molar-refractivity contribution is 0.329. The van der Waals surface area contributed by atoms with E-state index < -0.39 is 0 Å². The maximum absolute atomic E-state index is 6.54.